The number of methoxy groups -OCH3 is 2. The van der Waals surface area contributed by atoms with Crippen LogP contribution in [0.5, 0.6) is 0 Å². The first-order valence-corrected chi connectivity index (χ1v) is 11.6. The van der Waals surface area contributed by atoms with Crippen LogP contribution in [0.4, 0.5) is 0 Å². The first-order valence-electron chi connectivity index (χ1n) is 11.6. The second kappa shape index (κ2) is 10.7. The molecule has 0 bridgehead atoms. The van der Waals surface area contributed by atoms with E-state index in [0.717, 1.165) is 57.9 Å². The zero-order chi connectivity index (χ0) is 20.0. The van der Waals surface area contributed by atoms with Gasteiger partial charge in [0.05, 0.1) is 17.8 Å². The van der Waals surface area contributed by atoms with E-state index < -0.39 is 5.60 Å². The Balaban J connectivity index is 1.77. The monoisotopic (exact) mass is 397 g/mol. The number of hydrazine groups is 2. The van der Waals surface area contributed by atoms with E-state index >= 15 is 0 Å². The van der Waals surface area contributed by atoms with Crippen molar-refractivity contribution in [2.75, 3.05) is 27.3 Å². The number of β-amino-alcohol motifs (C(OH)–C–C–N with tert-alkyl or cyclic N) is 1. The molecule has 0 aromatic heterocycles. The Morgan fingerprint density at radius 1 is 1.00 bits per heavy atom. The van der Waals surface area contributed by atoms with E-state index in [2.05, 4.69) is 22.9 Å². The van der Waals surface area contributed by atoms with Crippen molar-refractivity contribution in [3.63, 3.8) is 0 Å². The Morgan fingerprint density at radius 3 is 2.14 bits per heavy atom. The highest BCUT2D eigenvalue weighted by Crippen LogP contribution is 2.44. The van der Waals surface area contributed by atoms with Crippen LogP contribution in [0.1, 0.15) is 77.6 Å². The fourth-order valence-corrected chi connectivity index (χ4v) is 5.82. The summed E-state index contributed by atoms with van der Waals surface area (Å²) in [5.41, 5.74) is 5.98. The summed E-state index contributed by atoms with van der Waals surface area (Å²) in [7, 11) is 3.64. The van der Waals surface area contributed by atoms with E-state index in [1.807, 2.05) is 14.2 Å². The number of aliphatic hydroxyl groups is 1. The molecule has 5 atom stereocenters. The molecule has 6 heteroatoms. The van der Waals surface area contributed by atoms with E-state index in [-0.39, 0.29) is 12.2 Å². The van der Waals surface area contributed by atoms with Crippen molar-refractivity contribution in [2.45, 2.75) is 101 Å². The minimum atomic E-state index is -0.697. The van der Waals surface area contributed by atoms with Gasteiger partial charge in [0, 0.05) is 33.4 Å². The molecule has 1 aliphatic heterocycles. The molecule has 1 heterocycles. The molecule has 0 amide bonds. The number of hydrogen-bond acceptors (Lipinski definition) is 6. The van der Waals surface area contributed by atoms with Gasteiger partial charge in [0.25, 0.3) is 0 Å². The lowest BCUT2D eigenvalue weighted by atomic mass is 9.65. The highest BCUT2D eigenvalue weighted by molar-refractivity contribution is 5.00. The fraction of sp³-hybridized carbons (Fsp3) is 1.00. The predicted molar refractivity (Wildman–Crippen MR) is 112 cm³/mol. The fourth-order valence-electron chi connectivity index (χ4n) is 5.82. The molecule has 2 aliphatic carbocycles. The van der Waals surface area contributed by atoms with Crippen molar-refractivity contribution in [3.8, 4) is 0 Å². The topological polar surface area (TPSA) is 66.0 Å². The molecule has 28 heavy (non-hydrogen) atoms. The third-order valence-corrected chi connectivity index (χ3v) is 7.65. The van der Waals surface area contributed by atoms with Crippen LogP contribution in [0, 0.1) is 11.8 Å². The highest BCUT2D eigenvalue weighted by atomic mass is 16.5. The molecule has 5 unspecified atom stereocenters. The minimum absolute atomic E-state index is 0.285. The minimum Gasteiger partial charge on any atom is -0.388 e. The predicted octanol–water partition coefficient (Wildman–Crippen LogP) is 3.01. The van der Waals surface area contributed by atoms with Gasteiger partial charge in [-0.2, -0.15) is 5.53 Å². The van der Waals surface area contributed by atoms with E-state index in [1.54, 1.807) is 0 Å². The lowest BCUT2D eigenvalue weighted by molar-refractivity contribution is -0.142. The van der Waals surface area contributed by atoms with Crippen molar-refractivity contribution in [3.05, 3.63) is 0 Å². The van der Waals surface area contributed by atoms with Gasteiger partial charge in [-0.05, 0) is 56.8 Å². The molecule has 0 spiro atoms. The Labute approximate surface area is 171 Å². The summed E-state index contributed by atoms with van der Waals surface area (Å²) < 4.78 is 11.4. The van der Waals surface area contributed by atoms with Crippen molar-refractivity contribution in [1.29, 1.82) is 0 Å². The molecule has 3 rings (SSSR count). The summed E-state index contributed by atoms with van der Waals surface area (Å²) in [5.74, 6) is 0.585. The van der Waals surface area contributed by atoms with Crippen LogP contribution in [-0.4, -0.2) is 61.3 Å². The van der Waals surface area contributed by atoms with Gasteiger partial charge in [-0.25, -0.2) is 10.4 Å². The van der Waals surface area contributed by atoms with Crippen molar-refractivity contribution in [2.24, 2.45) is 11.8 Å². The van der Waals surface area contributed by atoms with Crippen LogP contribution in [0.3, 0.4) is 0 Å². The lowest BCUT2D eigenvalue weighted by Crippen LogP contribution is -2.59. The molecule has 3 fully saturated rings. The van der Waals surface area contributed by atoms with E-state index in [9.17, 15) is 5.11 Å². The molecule has 3 aliphatic rings. The summed E-state index contributed by atoms with van der Waals surface area (Å²) in [6.45, 7) is 3.89. The largest absolute Gasteiger partial charge is 0.388 e. The summed E-state index contributed by atoms with van der Waals surface area (Å²) in [4.78, 5) is 0. The quantitative estimate of drug-likeness (QED) is 0.556. The summed E-state index contributed by atoms with van der Waals surface area (Å²) >= 11 is 0. The van der Waals surface area contributed by atoms with Gasteiger partial charge in [0.2, 0.25) is 0 Å². The van der Waals surface area contributed by atoms with Gasteiger partial charge in [-0.15, -0.1) is 0 Å². The summed E-state index contributed by atoms with van der Waals surface area (Å²) in [6.07, 6.45) is 12.9. The maximum absolute atomic E-state index is 12.3. The molecular weight excluding hydrogens is 354 g/mol. The molecule has 6 nitrogen and oxygen atoms in total. The smallest absolute Gasteiger partial charge is 0.0846 e. The number of rotatable bonds is 9. The van der Waals surface area contributed by atoms with Crippen LogP contribution < -0.4 is 11.0 Å². The highest BCUT2D eigenvalue weighted by Gasteiger charge is 2.49. The molecular formula is C22H43N3O3. The Morgan fingerprint density at radius 2 is 1.61 bits per heavy atom. The van der Waals surface area contributed by atoms with Crippen molar-refractivity contribution < 1.29 is 14.6 Å². The van der Waals surface area contributed by atoms with Crippen molar-refractivity contribution in [1.82, 2.24) is 16.0 Å². The third kappa shape index (κ3) is 5.27. The van der Waals surface area contributed by atoms with Gasteiger partial charge in [0.15, 0.2) is 0 Å². The SMILES string of the molecule is CCCCC1CNNN1CC(O)(C1CCCC(OC)C1)C1CCCC(OC)C1. The maximum atomic E-state index is 12.3. The average Bonchev–Trinajstić information content (AvgIpc) is 3.18. The van der Waals surface area contributed by atoms with Gasteiger partial charge < -0.3 is 14.6 Å². The van der Waals surface area contributed by atoms with E-state index in [0.29, 0.717) is 24.4 Å². The van der Waals surface area contributed by atoms with E-state index in [4.69, 9.17) is 9.47 Å². The molecule has 2 saturated carbocycles. The standard InChI is InChI=1S/C22H43N3O3/c1-4-5-10-19-15-23-24-25(19)16-22(26,17-8-6-11-20(13-17)27-2)18-9-7-12-21(14-18)28-3/h17-21,23-24,26H,4-16H2,1-3H3. The van der Waals surface area contributed by atoms with Crippen LogP contribution in [0.25, 0.3) is 0 Å². The van der Waals surface area contributed by atoms with Crippen LogP contribution in [0.2, 0.25) is 0 Å². The van der Waals surface area contributed by atoms with Crippen molar-refractivity contribution >= 4 is 0 Å². The molecule has 3 N–H and O–H groups in total. The van der Waals surface area contributed by atoms with Gasteiger partial charge in [-0.3, -0.25) is 0 Å². The molecule has 1 saturated heterocycles. The number of nitrogens with zero attached hydrogens (tertiary/aromatic N) is 1. The summed E-state index contributed by atoms with van der Waals surface area (Å²) in [6, 6.07) is 0.454. The summed E-state index contributed by atoms with van der Waals surface area (Å²) in [5, 5.41) is 14.6. The number of hydrogen-bond donors (Lipinski definition) is 3. The second-order valence-corrected chi connectivity index (χ2v) is 9.35. The maximum Gasteiger partial charge on any atom is 0.0846 e. The Kier molecular flexibility index (Phi) is 8.57. The van der Waals surface area contributed by atoms with Gasteiger partial charge in [0.1, 0.15) is 0 Å². The Bertz CT molecular complexity index is 440. The number of ether oxygens (including phenoxy) is 2. The third-order valence-electron chi connectivity index (χ3n) is 7.65. The lowest BCUT2D eigenvalue weighted by Gasteiger charge is -2.49. The van der Waals surface area contributed by atoms with Gasteiger partial charge in [-0.1, -0.05) is 32.6 Å². The zero-order valence-corrected chi connectivity index (χ0v) is 18.3. The van der Waals surface area contributed by atoms with E-state index in [1.165, 1.54) is 19.3 Å². The van der Waals surface area contributed by atoms with Crippen LogP contribution in [0.15, 0.2) is 0 Å². The van der Waals surface area contributed by atoms with Gasteiger partial charge >= 0.3 is 0 Å². The first-order chi connectivity index (χ1) is 13.6. The second-order valence-electron chi connectivity index (χ2n) is 9.35. The Hall–Kier alpha value is -0.240. The molecule has 0 aromatic carbocycles. The molecule has 0 radical (unpaired) electrons. The number of nitrogens with one attached hydrogen (secondary N) is 2. The first kappa shape index (κ1) is 22.4. The normalized spacial score (nSPS) is 37.1. The zero-order valence-electron chi connectivity index (χ0n) is 18.3. The van der Waals surface area contributed by atoms with Crippen LogP contribution in [-0.2, 0) is 9.47 Å². The molecule has 164 valence electrons. The average molecular weight is 398 g/mol. The van der Waals surface area contributed by atoms with Crippen LogP contribution >= 0.6 is 0 Å². The molecule has 0 aromatic rings. The number of unbranched alkanes of at least 4 members (excludes halogenated alkanes) is 1.